The van der Waals surface area contributed by atoms with Gasteiger partial charge in [-0.25, -0.2) is 0 Å². The molecule has 4 aliphatic rings. The van der Waals surface area contributed by atoms with E-state index in [1.54, 1.807) is 5.57 Å². The van der Waals surface area contributed by atoms with Crippen LogP contribution in [0.15, 0.2) is 66.2 Å². The van der Waals surface area contributed by atoms with E-state index in [9.17, 15) is 0 Å². The maximum absolute atomic E-state index is 4.85. The van der Waals surface area contributed by atoms with Crippen molar-refractivity contribution in [3.63, 3.8) is 0 Å². The Bertz CT molecular complexity index is 1050. The zero-order valence-corrected chi connectivity index (χ0v) is 26.1. The van der Waals surface area contributed by atoms with Gasteiger partial charge in [-0.15, -0.1) is 0 Å². The van der Waals surface area contributed by atoms with Gasteiger partial charge < -0.3 is 0 Å². The van der Waals surface area contributed by atoms with Crippen LogP contribution in [-0.2, 0) is 15.1 Å². The second-order valence-corrected chi connectivity index (χ2v) is 16.9. The number of fused-ring (bicyclic) bond motifs is 1. The van der Waals surface area contributed by atoms with Crippen molar-refractivity contribution in [2.24, 2.45) is 0 Å². The average molecular weight is 641 g/mol. The molecular weight excluding hydrogens is 599 g/mol. The molecule has 3 saturated carbocycles. The molecule has 37 heavy (non-hydrogen) atoms. The molecule has 4 aliphatic carbocycles. The summed E-state index contributed by atoms with van der Waals surface area (Å²) in [5.41, 5.74) is 12.3. The second kappa shape index (κ2) is 14.3. The summed E-state index contributed by atoms with van der Waals surface area (Å²) in [6.45, 7) is 0. The van der Waals surface area contributed by atoms with Crippen molar-refractivity contribution in [2.45, 2.75) is 107 Å². The Hall–Kier alpha value is -0.447. The van der Waals surface area contributed by atoms with Crippen molar-refractivity contribution < 1.29 is 15.1 Å². The quantitative estimate of drug-likeness (QED) is 0.230. The molecule has 0 aromatic heterocycles. The molecule has 1 atom stereocenters. The van der Waals surface area contributed by atoms with E-state index in [-0.39, 0.29) is 23.1 Å². The Morgan fingerprint density at radius 1 is 0.622 bits per heavy atom. The van der Waals surface area contributed by atoms with Crippen LogP contribution in [0.1, 0.15) is 107 Å². The maximum atomic E-state index is 4.85. The van der Waals surface area contributed by atoms with Gasteiger partial charge in [0.25, 0.3) is 0 Å². The molecule has 200 valence electrons. The summed E-state index contributed by atoms with van der Waals surface area (Å²) in [6.07, 6.45) is 23.3. The molecule has 0 saturated heterocycles. The third-order valence-corrected chi connectivity index (χ3v) is 13.2. The number of allylic oxidation sites excluding steroid dienone is 3. The molecule has 3 fully saturated rings. The fourth-order valence-electron chi connectivity index (χ4n) is 7.58. The third kappa shape index (κ3) is 6.66. The summed E-state index contributed by atoms with van der Waals surface area (Å²) in [6, 6.07) is 20.4. The molecule has 1 unspecified atom stereocenters. The molecule has 0 amide bonds. The minimum atomic E-state index is -0.346. The van der Waals surface area contributed by atoms with Crippen LogP contribution < -0.4 is 0 Å². The van der Waals surface area contributed by atoms with Crippen LogP contribution in [0.2, 0.25) is 0 Å². The number of hydrogen-bond donors (Lipinski definition) is 0. The van der Waals surface area contributed by atoms with Gasteiger partial charge in [-0.1, -0.05) is 113 Å². The number of halogens is 2. The Balaban J connectivity index is 0.000000892. The van der Waals surface area contributed by atoms with Gasteiger partial charge in [-0.05, 0) is 90.2 Å². The summed E-state index contributed by atoms with van der Waals surface area (Å²) in [5, 5.41) is 0. The van der Waals surface area contributed by atoms with E-state index in [2.05, 4.69) is 60.7 Å². The fraction of sp³-hybridized carbons (Fsp3) is 0.515. The van der Waals surface area contributed by atoms with Gasteiger partial charge in [-0.3, -0.25) is 0 Å². The molecule has 0 N–H and O–H groups in total. The molecule has 0 heterocycles. The van der Waals surface area contributed by atoms with E-state index < -0.39 is 0 Å². The van der Waals surface area contributed by atoms with Crippen LogP contribution >= 0.6 is 27.3 Å². The molecular formula is C33H41Cl2PRu. The Kier molecular flexibility index (Phi) is 10.8. The molecule has 0 spiro atoms. The predicted octanol–water partition coefficient (Wildman–Crippen LogP) is 11.4. The van der Waals surface area contributed by atoms with Crippen molar-refractivity contribution in [1.29, 1.82) is 0 Å². The molecule has 0 bridgehead atoms. The Morgan fingerprint density at radius 3 is 1.78 bits per heavy atom. The van der Waals surface area contributed by atoms with Crippen LogP contribution in [0, 0.1) is 0 Å². The van der Waals surface area contributed by atoms with E-state index in [0.717, 1.165) is 17.0 Å². The number of benzene rings is 2. The van der Waals surface area contributed by atoms with Gasteiger partial charge in [0, 0.05) is 5.66 Å². The molecule has 4 heteroatoms. The summed E-state index contributed by atoms with van der Waals surface area (Å²) in [7, 11) is 9.79. The Morgan fingerprint density at radius 2 is 1.16 bits per heavy atom. The van der Waals surface area contributed by atoms with Crippen LogP contribution in [0.25, 0.3) is 11.1 Å². The van der Waals surface area contributed by atoms with Crippen LogP contribution in [0.3, 0.4) is 0 Å². The summed E-state index contributed by atoms with van der Waals surface area (Å²) >= 11 is -0.346. The standard InChI is InChI=1S/C33H41P.2ClH.Ru/c1-4-14-25(15-5-1)31-24-32(29-21-11-10-20-28(29)31)30-22-12-13-23-33(30)34(26-16-6-2-7-17-26)27-18-8-3-9-19-27;;;/h1,4-5,10-11,14-15,20-21,24,26-27,33H,2-3,6-9,12-13,16-19,22-23H2;2*1H;/q;;;+2/p-2. The van der Waals surface area contributed by atoms with Gasteiger partial charge in [0.05, 0.1) is 0 Å². The van der Waals surface area contributed by atoms with Crippen molar-refractivity contribution >= 4 is 38.4 Å². The molecule has 0 aliphatic heterocycles. The third-order valence-electron chi connectivity index (χ3n) is 9.16. The number of rotatable bonds is 4. The van der Waals surface area contributed by atoms with Gasteiger partial charge in [0.1, 0.15) is 0 Å². The van der Waals surface area contributed by atoms with E-state index in [1.165, 1.54) is 112 Å². The van der Waals surface area contributed by atoms with Crippen molar-refractivity contribution in [2.75, 3.05) is 0 Å². The normalized spacial score (nSPS) is 24.9. The van der Waals surface area contributed by atoms with E-state index in [0.29, 0.717) is 0 Å². The monoisotopic (exact) mass is 640 g/mol. The zero-order chi connectivity index (χ0) is 25.5. The predicted molar refractivity (Wildman–Crippen MR) is 162 cm³/mol. The second-order valence-electron chi connectivity index (χ2n) is 11.3. The van der Waals surface area contributed by atoms with Crippen molar-refractivity contribution in [3.8, 4) is 0 Å². The van der Waals surface area contributed by atoms with Crippen LogP contribution in [-0.4, -0.2) is 17.0 Å². The summed E-state index contributed by atoms with van der Waals surface area (Å²) in [4.78, 5) is 0. The van der Waals surface area contributed by atoms with E-state index >= 15 is 0 Å². The molecule has 0 nitrogen and oxygen atoms in total. The van der Waals surface area contributed by atoms with Gasteiger partial charge in [-0.2, -0.15) is 0 Å². The average Bonchev–Trinajstić information content (AvgIpc) is 3.35. The van der Waals surface area contributed by atoms with Crippen molar-refractivity contribution in [3.05, 3.63) is 82.9 Å². The first kappa shape index (κ1) is 28.1. The minimum absolute atomic E-state index is 0.0845. The SMILES string of the molecule is C1=C(c2ccccc2)c2ccccc2C1=C1CCCCC1P(C1CCCCC1)C1CCCCC1.[Cl][Ru][Cl]. The first-order chi connectivity index (χ1) is 18.3. The van der Waals surface area contributed by atoms with Gasteiger partial charge in [0.15, 0.2) is 0 Å². The fourth-order valence-corrected chi connectivity index (χ4v) is 12.2. The summed E-state index contributed by atoms with van der Waals surface area (Å²) in [5.74, 6) is 0. The molecule has 0 radical (unpaired) electrons. The number of hydrogen-bond acceptors (Lipinski definition) is 0. The topological polar surface area (TPSA) is 0 Å². The Labute approximate surface area is 242 Å². The molecule has 2 aromatic carbocycles. The van der Waals surface area contributed by atoms with Gasteiger partial charge in [0.2, 0.25) is 0 Å². The van der Waals surface area contributed by atoms with Gasteiger partial charge >= 0.3 is 34.5 Å². The molecule has 6 rings (SSSR count). The first-order valence-electron chi connectivity index (χ1n) is 14.5. The summed E-state index contributed by atoms with van der Waals surface area (Å²) < 4.78 is 0. The first-order valence-corrected chi connectivity index (χ1v) is 20.6. The zero-order valence-electron chi connectivity index (χ0n) is 22.0. The molecule has 2 aromatic rings. The van der Waals surface area contributed by atoms with Crippen molar-refractivity contribution in [1.82, 2.24) is 0 Å². The van der Waals surface area contributed by atoms with Crippen LogP contribution in [0.5, 0.6) is 0 Å². The van der Waals surface area contributed by atoms with E-state index in [4.69, 9.17) is 19.4 Å². The van der Waals surface area contributed by atoms with E-state index in [1.807, 2.05) is 5.57 Å². The van der Waals surface area contributed by atoms with Crippen LogP contribution in [0.4, 0.5) is 0 Å².